The Hall–Kier alpha value is -4.26. The van der Waals surface area contributed by atoms with E-state index in [1.54, 1.807) is 48.5 Å². The molecule has 0 aliphatic heterocycles. The van der Waals surface area contributed by atoms with Crippen molar-refractivity contribution in [2.45, 2.75) is 6.04 Å². The van der Waals surface area contributed by atoms with Gasteiger partial charge in [-0.15, -0.1) is 0 Å². The van der Waals surface area contributed by atoms with Gasteiger partial charge in [0, 0.05) is 23.3 Å². The molecule has 2 heterocycles. The van der Waals surface area contributed by atoms with E-state index in [0.29, 0.717) is 22.0 Å². The zero-order valence-corrected chi connectivity index (χ0v) is 16.6. The molecule has 2 aromatic heterocycles. The summed E-state index contributed by atoms with van der Waals surface area (Å²) in [5.41, 5.74) is 2.04. The Morgan fingerprint density at radius 3 is 2.35 bits per heavy atom. The summed E-state index contributed by atoms with van der Waals surface area (Å²) in [6.07, 6.45) is 3.04. The van der Waals surface area contributed by atoms with Crippen LogP contribution in [0.3, 0.4) is 0 Å². The summed E-state index contributed by atoms with van der Waals surface area (Å²) in [4.78, 5) is 34.2. The van der Waals surface area contributed by atoms with Gasteiger partial charge in [0.1, 0.15) is 5.69 Å². The highest BCUT2D eigenvalue weighted by Gasteiger charge is 2.28. The van der Waals surface area contributed by atoms with Crippen LogP contribution in [0.4, 0.5) is 0 Å². The number of aromatic hydroxyl groups is 1. The van der Waals surface area contributed by atoms with Crippen LogP contribution in [-0.4, -0.2) is 34.1 Å². The summed E-state index contributed by atoms with van der Waals surface area (Å²) in [5, 5.41) is 14.2. The molecule has 7 heteroatoms. The molecule has 0 aliphatic rings. The van der Waals surface area contributed by atoms with Crippen molar-refractivity contribution in [3.05, 3.63) is 90.3 Å². The lowest BCUT2D eigenvalue weighted by Gasteiger charge is -2.19. The zero-order chi connectivity index (χ0) is 21.8. The van der Waals surface area contributed by atoms with Crippen LogP contribution in [-0.2, 0) is 9.53 Å². The minimum atomic E-state index is -1.06. The second-order valence-corrected chi connectivity index (χ2v) is 6.78. The zero-order valence-electron chi connectivity index (χ0n) is 16.6. The largest absolute Gasteiger partial charge is 0.505 e. The van der Waals surface area contributed by atoms with Crippen LogP contribution in [0.1, 0.15) is 22.0 Å². The molecule has 4 rings (SSSR count). The standard InChI is InChI=1S/C24H19N3O4/c1-31-24(30)21(16-11-13-25-14-12-16)27-23(29)19-17-9-5-6-10-18(17)26-20(22(19)28)15-7-3-2-4-8-15/h2-14,21,28H,1H3,(H,27,29). The normalized spacial score (nSPS) is 11.6. The predicted octanol–water partition coefficient (Wildman–Crippen LogP) is 3.65. The maximum atomic E-state index is 13.3. The average molecular weight is 413 g/mol. The number of ether oxygens (including phenoxy) is 1. The van der Waals surface area contributed by atoms with Gasteiger partial charge < -0.3 is 15.2 Å². The molecule has 0 radical (unpaired) electrons. The SMILES string of the molecule is COC(=O)C(NC(=O)c1c(O)c(-c2ccccc2)nc2ccccc12)c1ccncc1. The Morgan fingerprint density at radius 2 is 1.65 bits per heavy atom. The van der Waals surface area contributed by atoms with Gasteiger partial charge in [-0.1, -0.05) is 48.5 Å². The van der Waals surface area contributed by atoms with Crippen LogP contribution in [0.5, 0.6) is 5.75 Å². The van der Waals surface area contributed by atoms with Crippen LogP contribution in [0, 0.1) is 0 Å². The highest BCUT2D eigenvalue weighted by Crippen LogP contribution is 2.35. The number of pyridine rings is 2. The Kier molecular flexibility index (Phi) is 5.57. The minimum Gasteiger partial charge on any atom is -0.505 e. The van der Waals surface area contributed by atoms with Crippen LogP contribution in [0.2, 0.25) is 0 Å². The summed E-state index contributed by atoms with van der Waals surface area (Å²) in [6.45, 7) is 0. The maximum Gasteiger partial charge on any atom is 0.333 e. The van der Waals surface area contributed by atoms with Crippen molar-refractivity contribution >= 4 is 22.8 Å². The summed E-state index contributed by atoms with van der Waals surface area (Å²) < 4.78 is 4.87. The Morgan fingerprint density at radius 1 is 0.968 bits per heavy atom. The lowest BCUT2D eigenvalue weighted by molar-refractivity contribution is -0.143. The molecule has 0 spiro atoms. The van der Waals surface area contributed by atoms with E-state index in [4.69, 9.17) is 4.74 Å². The Labute approximate surface area is 178 Å². The van der Waals surface area contributed by atoms with E-state index in [0.717, 1.165) is 0 Å². The van der Waals surface area contributed by atoms with Crippen LogP contribution in [0.25, 0.3) is 22.2 Å². The van der Waals surface area contributed by atoms with Crippen molar-refractivity contribution in [1.82, 2.24) is 15.3 Å². The quantitative estimate of drug-likeness (QED) is 0.485. The van der Waals surface area contributed by atoms with Gasteiger partial charge in [-0.05, 0) is 23.8 Å². The third-order valence-corrected chi connectivity index (χ3v) is 4.89. The molecule has 0 saturated carbocycles. The molecule has 2 N–H and O–H groups in total. The Bertz CT molecular complexity index is 1240. The second-order valence-electron chi connectivity index (χ2n) is 6.78. The number of carbonyl (C=O) groups is 2. The molecular formula is C24H19N3O4. The first-order chi connectivity index (χ1) is 15.1. The van der Waals surface area contributed by atoms with Gasteiger partial charge >= 0.3 is 5.97 Å². The van der Waals surface area contributed by atoms with E-state index < -0.39 is 17.9 Å². The second kappa shape index (κ2) is 8.62. The van der Waals surface area contributed by atoms with E-state index in [1.807, 2.05) is 18.2 Å². The summed E-state index contributed by atoms with van der Waals surface area (Å²) in [6, 6.07) is 18.3. The highest BCUT2D eigenvalue weighted by molar-refractivity contribution is 6.11. The van der Waals surface area contributed by atoms with Crippen molar-refractivity contribution in [2.24, 2.45) is 0 Å². The summed E-state index contributed by atoms with van der Waals surface area (Å²) >= 11 is 0. The molecule has 0 saturated heterocycles. The molecule has 31 heavy (non-hydrogen) atoms. The highest BCUT2D eigenvalue weighted by atomic mass is 16.5. The predicted molar refractivity (Wildman–Crippen MR) is 115 cm³/mol. The molecule has 0 fully saturated rings. The lowest BCUT2D eigenvalue weighted by atomic mass is 10.0. The van der Waals surface area contributed by atoms with E-state index in [2.05, 4.69) is 15.3 Å². The van der Waals surface area contributed by atoms with Gasteiger partial charge in [0.25, 0.3) is 5.91 Å². The molecule has 7 nitrogen and oxygen atoms in total. The molecular weight excluding hydrogens is 394 g/mol. The maximum absolute atomic E-state index is 13.3. The average Bonchev–Trinajstić information content (AvgIpc) is 2.82. The molecule has 4 aromatic rings. The Balaban J connectivity index is 1.83. The molecule has 1 atom stereocenters. The number of nitrogens with one attached hydrogen (secondary N) is 1. The van der Waals surface area contributed by atoms with Gasteiger partial charge in [-0.2, -0.15) is 0 Å². The molecule has 0 aliphatic carbocycles. The topological polar surface area (TPSA) is 101 Å². The molecule has 0 bridgehead atoms. The number of nitrogens with zero attached hydrogens (tertiary/aromatic N) is 2. The fourth-order valence-electron chi connectivity index (χ4n) is 3.38. The molecule has 154 valence electrons. The first-order valence-electron chi connectivity index (χ1n) is 9.56. The number of para-hydroxylation sites is 1. The monoisotopic (exact) mass is 413 g/mol. The van der Waals surface area contributed by atoms with E-state index in [9.17, 15) is 14.7 Å². The number of hydrogen-bond acceptors (Lipinski definition) is 6. The van der Waals surface area contributed by atoms with E-state index in [1.165, 1.54) is 19.5 Å². The number of esters is 1. The lowest BCUT2D eigenvalue weighted by Crippen LogP contribution is -2.34. The molecule has 1 amide bonds. The number of hydrogen-bond donors (Lipinski definition) is 2. The van der Waals surface area contributed by atoms with Crippen LogP contribution in [0.15, 0.2) is 79.1 Å². The number of methoxy groups -OCH3 is 1. The van der Waals surface area contributed by atoms with Crippen molar-refractivity contribution in [2.75, 3.05) is 7.11 Å². The number of fused-ring (bicyclic) bond motifs is 1. The van der Waals surface area contributed by atoms with Crippen LogP contribution < -0.4 is 5.32 Å². The number of amides is 1. The number of aromatic nitrogens is 2. The van der Waals surface area contributed by atoms with E-state index in [-0.39, 0.29) is 17.0 Å². The number of carbonyl (C=O) groups excluding carboxylic acids is 2. The van der Waals surface area contributed by atoms with Crippen molar-refractivity contribution in [1.29, 1.82) is 0 Å². The van der Waals surface area contributed by atoms with E-state index >= 15 is 0 Å². The molecule has 1 unspecified atom stereocenters. The van der Waals surface area contributed by atoms with Gasteiger partial charge in [0.15, 0.2) is 11.8 Å². The first kappa shape index (κ1) is 20.0. The number of benzene rings is 2. The minimum absolute atomic E-state index is 0.0346. The van der Waals surface area contributed by atoms with Gasteiger partial charge in [-0.3, -0.25) is 9.78 Å². The third kappa shape index (κ3) is 3.93. The van der Waals surface area contributed by atoms with Crippen molar-refractivity contribution < 1.29 is 19.4 Å². The summed E-state index contributed by atoms with van der Waals surface area (Å²) in [5.74, 6) is -1.53. The fraction of sp³-hybridized carbons (Fsp3) is 0.0833. The van der Waals surface area contributed by atoms with Gasteiger partial charge in [-0.25, -0.2) is 9.78 Å². The first-order valence-corrected chi connectivity index (χ1v) is 9.56. The van der Waals surface area contributed by atoms with Crippen LogP contribution >= 0.6 is 0 Å². The van der Waals surface area contributed by atoms with Crippen molar-refractivity contribution in [3.63, 3.8) is 0 Å². The van der Waals surface area contributed by atoms with Gasteiger partial charge in [0.2, 0.25) is 0 Å². The number of rotatable bonds is 5. The fourth-order valence-corrected chi connectivity index (χ4v) is 3.38. The summed E-state index contributed by atoms with van der Waals surface area (Å²) in [7, 11) is 1.25. The smallest absolute Gasteiger partial charge is 0.333 e. The van der Waals surface area contributed by atoms with Gasteiger partial charge in [0.05, 0.1) is 18.2 Å². The van der Waals surface area contributed by atoms with Crippen molar-refractivity contribution in [3.8, 4) is 17.0 Å². The molecule has 2 aromatic carbocycles. The third-order valence-electron chi connectivity index (χ3n) is 4.89.